The van der Waals surface area contributed by atoms with Gasteiger partial charge in [-0.2, -0.15) is 0 Å². The molecule has 0 saturated carbocycles. The number of aromatic nitrogens is 1. The molecule has 2 heterocycles. The zero-order valence-electron chi connectivity index (χ0n) is 17.4. The lowest BCUT2D eigenvalue weighted by molar-refractivity contribution is 0.0904. The zero-order chi connectivity index (χ0) is 21.1. The van der Waals surface area contributed by atoms with Crippen LogP contribution < -0.4 is 10.9 Å². The van der Waals surface area contributed by atoms with Crippen LogP contribution >= 0.6 is 12.2 Å². The molecule has 1 aliphatic rings. The number of hydrogen-bond donors (Lipinski definition) is 2. The highest BCUT2D eigenvalue weighted by Gasteiger charge is 2.22. The minimum atomic E-state index is -0.0800. The summed E-state index contributed by atoms with van der Waals surface area (Å²) in [5, 5.41) is 4.93. The van der Waals surface area contributed by atoms with Gasteiger partial charge in [-0.1, -0.05) is 29.8 Å². The van der Waals surface area contributed by atoms with Crippen LogP contribution in [0.15, 0.2) is 53.3 Å². The van der Waals surface area contributed by atoms with Crippen molar-refractivity contribution in [1.29, 1.82) is 0 Å². The molecule has 1 atom stereocenters. The van der Waals surface area contributed by atoms with Gasteiger partial charge in [0.2, 0.25) is 0 Å². The van der Waals surface area contributed by atoms with E-state index in [4.69, 9.17) is 17.0 Å². The maximum Gasteiger partial charge on any atom is 0.253 e. The molecule has 1 aliphatic heterocycles. The van der Waals surface area contributed by atoms with Gasteiger partial charge in [-0.3, -0.25) is 4.79 Å². The van der Waals surface area contributed by atoms with E-state index in [9.17, 15) is 4.79 Å². The van der Waals surface area contributed by atoms with E-state index >= 15 is 0 Å². The first-order valence-corrected chi connectivity index (χ1v) is 10.8. The molecule has 0 bridgehead atoms. The van der Waals surface area contributed by atoms with E-state index in [1.807, 2.05) is 54.3 Å². The average molecular weight is 422 g/mol. The summed E-state index contributed by atoms with van der Waals surface area (Å²) >= 11 is 5.73. The van der Waals surface area contributed by atoms with Crippen molar-refractivity contribution in [3.8, 4) is 0 Å². The van der Waals surface area contributed by atoms with Crippen LogP contribution in [-0.4, -0.2) is 34.3 Å². The molecule has 0 amide bonds. The Morgan fingerprint density at radius 2 is 1.93 bits per heavy atom. The summed E-state index contributed by atoms with van der Waals surface area (Å²) in [5.41, 5.74) is 4.72. The summed E-state index contributed by atoms with van der Waals surface area (Å²) in [6.07, 6.45) is 2.20. The molecule has 1 aromatic heterocycles. The third-order valence-electron chi connectivity index (χ3n) is 5.48. The van der Waals surface area contributed by atoms with Crippen LogP contribution in [0.25, 0.3) is 10.9 Å². The Balaban J connectivity index is 1.58. The fraction of sp³-hybridized carbons (Fsp3) is 0.333. The first-order chi connectivity index (χ1) is 14.5. The number of aryl methyl sites for hydroxylation is 2. The second-order valence-electron chi connectivity index (χ2n) is 8.03. The first kappa shape index (κ1) is 20.6. The number of fused-ring (bicyclic) bond motifs is 1. The van der Waals surface area contributed by atoms with Crippen molar-refractivity contribution >= 4 is 33.9 Å². The topological polar surface area (TPSA) is 57.4 Å². The van der Waals surface area contributed by atoms with Crippen molar-refractivity contribution in [2.75, 3.05) is 18.5 Å². The van der Waals surface area contributed by atoms with Gasteiger partial charge in [0.15, 0.2) is 5.11 Å². The van der Waals surface area contributed by atoms with Gasteiger partial charge in [0.05, 0.1) is 12.6 Å². The number of nitrogens with one attached hydrogen (secondary N) is 2. The molecule has 3 aromatic rings. The molecule has 1 fully saturated rings. The van der Waals surface area contributed by atoms with E-state index in [2.05, 4.69) is 23.3 Å². The maximum atomic E-state index is 12.8. The minimum absolute atomic E-state index is 0.0800. The van der Waals surface area contributed by atoms with Crippen LogP contribution in [0, 0.1) is 13.8 Å². The summed E-state index contributed by atoms with van der Waals surface area (Å²) in [6, 6.07) is 16.2. The largest absolute Gasteiger partial charge is 0.376 e. The van der Waals surface area contributed by atoms with Gasteiger partial charge in [-0.15, -0.1) is 0 Å². The number of hydrogen-bond acceptors (Lipinski definition) is 3. The Labute approximate surface area is 182 Å². The number of nitrogens with zero attached hydrogens (tertiary/aromatic N) is 1. The van der Waals surface area contributed by atoms with Gasteiger partial charge >= 0.3 is 0 Å². The number of rotatable bonds is 5. The normalized spacial score (nSPS) is 16.0. The maximum absolute atomic E-state index is 12.8. The SMILES string of the molecule is Cc1ccc(NC(=S)N(Cc2cc3ccc(C)cc3[nH]c2=O)C[C@@H]2CCCO2)cc1. The Hall–Kier alpha value is -2.70. The molecule has 30 heavy (non-hydrogen) atoms. The summed E-state index contributed by atoms with van der Waals surface area (Å²) in [5.74, 6) is 0. The van der Waals surface area contributed by atoms with Crippen LogP contribution in [-0.2, 0) is 11.3 Å². The zero-order valence-corrected chi connectivity index (χ0v) is 18.2. The van der Waals surface area contributed by atoms with Crippen molar-refractivity contribution < 1.29 is 4.74 Å². The van der Waals surface area contributed by atoms with Crippen molar-refractivity contribution in [2.24, 2.45) is 0 Å². The van der Waals surface area contributed by atoms with Crippen molar-refractivity contribution in [3.05, 3.63) is 75.6 Å². The highest BCUT2D eigenvalue weighted by Crippen LogP contribution is 2.18. The van der Waals surface area contributed by atoms with Crippen LogP contribution in [0.3, 0.4) is 0 Å². The number of benzene rings is 2. The van der Waals surface area contributed by atoms with Crippen LogP contribution in [0.1, 0.15) is 29.5 Å². The quantitative estimate of drug-likeness (QED) is 0.593. The van der Waals surface area contributed by atoms with E-state index in [-0.39, 0.29) is 11.7 Å². The molecular formula is C24H27N3O2S. The molecule has 0 aliphatic carbocycles. The first-order valence-electron chi connectivity index (χ1n) is 10.3. The third-order valence-corrected chi connectivity index (χ3v) is 5.84. The molecule has 2 N–H and O–H groups in total. The van der Waals surface area contributed by atoms with Crippen LogP contribution in [0.5, 0.6) is 0 Å². The lowest BCUT2D eigenvalue weighted by Gasteiger charge is -2.28. The number of ether oxygens (including phenoxy) is 1. The summed E-state index contributed by atoms with van der Waals surface area (Å²) in [6.45, 7) is 5.94. The van der Waals surface area contributed by atoms with Crippen molar-refractivity contribution in [2.45, 2.75) is 39.3 Å². The van der Waals surface area contributed by atoms with E-state index < -0.39 is 0 Å². The minimum Gasteiger partial charge on any atom is -0.376 e. The summed E-state index contributed by atoms with van der Waals surface area (Å²) < 4.78 is 5.84. The number of aromatic amines is 1. The summed E-state index contributed by atoms with van der Waals surface area (Å²) in [4.78, 5) is 17.8. The Morgan fingerprint density at radius 3 is 2.67 bits per heavy atom. The highest BCUT2D eigenvalue weighted by molar-refractivity contribution is 7.80. The van der Waals surface area contributed by atoms with E-state index in [0.717, 1.165) is 41.6 Å². The molecule has 0 unspecified atom stereocenters. The van der Waals surface area contributed by atoms with E-state index in [1.165, 1.54) is 5.56 Å². The predicted molar refractivity (Wildman–Crippen MR) is 126 cm³/mol. The molecule has 4 rings (SSSR count). The Morgan fingerprint density at radius 1 is 1.17 bits per heavy atom. The van der Waals surface area contributed by atoms with Gasteiger partial charge in [0.1, 0.15) is 0 Å². The third kappa shape index (κ3) is 4.89. The van der Waals surface area contributed by atoms with Gasteiger partial charge in [0.25, 0.3) is 5.56 Å². The van der Waals surface area contributed by atoms with Crippen LogP contribution in [0.4, 0.5) is 5.69 Å². The van der Waals surface area contributed by atoms with E-state index in [0.29, 0.717) is 23.8 Å². The van der Waals surface area contributed by atoms with Crippen molar-refractivity contribution in [1.82, 2.24) is 9.88 Å². The predicted octanol–water partition coefficient (Wildman–Crippen LogP) is 4.52. The Kier molecular flexibility index (Phi) is 6.16. The van der Waals surface area contributed by atoms with E-state index in [1.54, 1.807) is 0 Å². The molecule has 0 radical (unpaired) electrons. The molecule has 5 nitrogen and oxygen atoms in total. The Bertz CT molecular complexity index is 1100. The molecule has 0 spiro atoms. The molecular weight excluding hydrogens is 394 g/mol. The molecule has 2 aromatic carbocycles. The lowest BCUT2D eigenvalue weighted by Crippen LogP contribution is -2.40. The lowest BCUT2D eigenvalue weighted by atomic mass is 10.1. The van der Waals surface area contributed by atoms with Gasteiger partial charge in [0, 0.05) is 29.9 Å². The highest BCUT2D eigenvalue weighted by atomic mass is 32.1. The summed E-state index contributed by atoms with van der Waals surface area (Å²) in [7, 11) is 0. The number of anilines is 1. The smallest absolute Gasteiger partial charge is 0.253 e. The fourth-order valence-corrected chi connectivity index (χ4v) is 4.03. The number of thiocarbonyl (C=S) groups is 1. The number of H-pyrrole nitrogens is 1. The molecule has 6 heteroatoms. The van der Waals surface area contributed by atoms with Crippen LogP contribution in [0.2, 0.25) is 0 Å². The second-order valence-corrected chi connectivity index (χ2v) is 8.41. The number of pyridine rings is 1. The average Bonchev–Trinajstić information content (AvgIpc) is 3.23. The van der Waals surface area contributed by atoms with Crippen molar-refractivity contribution in [3.63, 3.8) is 0 Å². The van der Waals surface area contributed by atoms with Gasteiger partial charge in [-0.25, -0.2) is 0 Å². The fourth-order valence-electron chi connectivity index (χ4n) is 3.78. The van der Waals surface area contributed by atoms with Gasteiger partial charge in [-0.05, 0) is 74.1 Å². The van der Waals surface area contributed by atoms with Gasteiger partial charge < -0.3 is 19.9 Å². The molecule has 156 valence electrons. The monoisotopic (exact) mass is 421 g/mol. The standard InChI is InChI=1S/C24H27N3O2S/c1-16-6-9-20(10-7-16)25-24(30)27(15-21-4-3-11-29-21)14-19-13-18-8-5-17(2)12-22(18)26-23(19)28/h5-10,12-13,21H,3-4,11,14-15H2,1-2H3,(H,25,30)(H,26,28)/t21-/m0/s1. The second kappa shape index (κ2) is 8.98. The molecule has 1 saturated heterocycles.